The summed E-state index contributed by atoms with van der Waals surface area (Å²) in [5.41, 5.74) is 0.987. The van der Waals surface area contributed by atoms with E-state index in [1.807, 2.05) is 24.3 Å². The van der Waals surface area contributed by atoms with Gasteiger partial charge in [-0.15, -0.1) is 0 Å². The van der Waals surface area contributed by atoms with Crippen LogP contribution >= 0.6 is 0 Å². The molecule has 6 heteroatoms. The predicted molar refractivity (Wildman–Crippen MR) is 107 cm³/mol. The Kier molecular flexibility index (Phi) is 6.65. The number of aliphatic hydroxyl groups is 1. The lowest BCUT2D eigenvalue weighted by Gasteiger charge is -2.27. The Morgan fingerprint density at radius 1 is 1.18 bits per heavy atom. The van der Waals surface area contributed by atoms with Crippen LogP contribution in [0.1, 0.15) is 31.7 Å². The average Bonchev–Trinajstić information content (AvgIpc) is 2.84. The number of para-hydroxylation sites is 1. The lowest BCUT2D eigenvalue weighted by Crippen LogP contribution is -2.37. The van der Waals surface area contributed by atoms with Crippen molar-refractivity contribution in [2.75, 3.05) is 25.0 Å². The van der Waals surface area contributed by atoms with E-state index in [4.69, 9.17) is 4.74 Å². The standard InChI is InChI=1S/C22H27FN2O3/c1-17(26)24-19-9-7-18(8-10-19)15-25-13-4-11-22(27,12-14-25)16-28-21-6-3-2-5-20(21)23/h2-3,5-10,27H,4,11-16H2,1H3,(H,24,26). The molecule has 28 heavy (non-hydrogen) atoms. The first-order valence-electron chi connectivity index (χ1n) is 9.62. The molecule has 1 atom stereocenters. The quantitative estimate of drug-likeness (QED) is 0.797. The second-order valence-corrected chi connectivity index (χ2v) is 7.45. The van der Waals surface area contributed by atoms with Gasteiger partial charge in [0.2, 0.25) is 5.91 Å². The summed E-state index contributed by atoms with van der Waals surface area (Å²) in [6, 6.07) is 14.1. The molecule has 0 aliphatic carbocycles. The second-order valence-electron chi connectivity index (χ2n) is 7.45. The Morgan fingerprint density at radius 2 is 1.93 bits per heavy atom. The summed E-state index contributed by atoms with van der Waals surface area (Å²) in [5.74, 6) is -0.322. The third kappa shape index (κ3) is 5.78. The molecule has 2 aromatic rings. The number of ether oxygens (including phenoxy) is 1. The van der Waals surface area contributed by atoms with Crippen LogP contribution in [0.5, 0.6) is 5.75 Å². The third-order valence-electron chi connectivity index (χ3n) is 5.02. The van der Waals surface area contributed by atoms with Gasteiger partial charge < -0.3 is 15.2 Å². The average molecular weight is 386 g/mol. The molecule has 1 fully saturated rings. The molecule has 0 radical (unpaired) electrons. The van der Waals surface area contributed by atoms with Gasteiger partial charge in [0.05, 0.1) is 5.60 Å². The molecule has 1 unspecified atom stereocenters. The molecule has 150 valence electrons. The molecule has 5 nitrogen and oxygen atoms in total. The van der Waals surface area contributed by atoms with Crippen LogP contribution < -0.4 is 10.1 Å². The Morgan fingerprint density at radius 3 is 2.64 bits per heavy atom. The van der Waals surface area contributed by atoms with Crippen LogP contribution in [0.2, 0.25) is 0 Å². The van der Waals surface area contributed by atoms with Gasteiger partial charge in [-0.25, -0.2) is 4.39 Å². The molecule has 0 saturated carbocycles. The topological polar surface area (TPSA) is 61.8 Å². The van der Waals surface area contributed by atoms with Gasteiger partial charge in [-0.1, -0.05) is 24.3 Å². The minimum Gasteiger partial charge on any atom is -0.488 e. The zero-order valence-electron chi connectivity index (χ0n) is 16.2. The fourth-order valence-corrected chi connectivity index (χ4v) is 3.47. The fourth-order valence-electron chi connectivity index (χ4n) is 3.47. The number of rotatable bonds is 6. The molecule has 0 bridgehead atoms. The number of nitrogens with zero attached hydrogens (tertiary/aromatic N) is 1. The third-order valence-corrected chi connectivity index (χ3v) is 5.02. The van der Waals surface area contributed by atoms with Crippen LogP contribution in [0.3, 0.4) is 0 Å². The van der Waals surface area contributed by atoms with Gasteiger partial charge in [0.1, 0.15) is 6.61 Å². The summed E-state index contributed by atoms with van der Waals surface area (Å²) in [6.45, 7) is 3.99. The number of likely N-dealkylation sites (tertiary alicyclic amines) is 1. The Balaban J connectivity index is 1.52. The van der Waals surface area contributed by atoms with Crippen molar-refractivity contribution in [1.29, 1.82) is 0 Å². The lowest BCUT2D eigenvalue weighted by molar-refractivity contribution is -0.114. The number of hydrogen-bond acceptors (Lipinski definition) is 4. The number of nitrogens with one attached hydrogen (secondary N) is 1. The first-order valence-corrected chi connectivity index (χ1v) is 9.62. The van der Waals surface area contributed by atoms with E-state index in [9.17, 15) is 14.3 Å². The van der Waals surface area contributed by atoms with E-state index in [-0.39, 0.29) is 18.3 Å². The molecule has 3 rings (SSSR count). The van der Waals surface area contributed by atoms with E-state index in [0.29, 0.717) is 12.8 Å². The maximum Gasteiger partial charge on any atom is 0.221 e. The van der Waals surface area contributed by atoms with Gasteiger partial charge in [0.15, 0.2) is 11.6 Å². The monoisotopic (exact) mass is 386 g/mol. The normalized spacial score (nSPS) is 20.4. The van der Waals surface area contributed by atoms with Gasteiger partial charge in [-0.2, -0.15) is 0 Å². The van der Waals surface area contributed by atoms with Gasteiger partial charge >= 0.3 is 0 Å². The predicted octanol–water partition coefficient (Wildman–Crippen LogP) is 3.58. The van der Waals surface area contributed by atoms with Crippen molar-refractivity contribution >= 4 is 11.6 Å². The van der Waals surface area contributed by atoms with Crippen LogP contribution in [0, 0.1) is 5.82 Å². The highest BCUT2D eigenvalue weighted by Crippen LogP contribution is 2.26. The van der Waals surface area contributed by atoms with Gasteiger partial charge in [-0.3, -0.25) is 9.69 Å². The molecule has 2 aromatic carbocycles. The summed E-state index contributed by atoms with van der Waals surface area (Å²) in [7, 11) is 0. The zero-order valence-corrected chi connectivity index (χ0v) is 16.2. The van der Waals surface area contributed by atoms with Crippen LogP contribution in [0.25, 0.3) is 0 Å². The van der Waals surface area contributed by atoms with Gasteiger partial charge in [0, 0.05) is 25.7 Å². The molecule has 1 amide bonds. The zero-order chi connectivity index (χ0) is 20.0. The van der Waals surface area contributed by atoms with Gasteiger partial charge in [-0.05, 0) is 55.6 Å². The van der Waals surface area contributed by atoms with Crippen molar-refractivity contribution in [3.05, 3.63) is 59.9 Å². The summed E-state index contributed by atoms with van der Waals surface area (Å²) in [5, 5.41) is 13.7. The van der Waals surface area contributed by atoms with E-state index in [0.717, 1.165) is 37.3 Å². The summed E-state index contributed by atoms with van der Waals surface area (Å²) >= 11 is 0. The highest BCUT2D eigenvalue weighted by Gasteiger charge is 2.31. The number of carbonyl (C=O) groups excluding carboxylic acids is 1. The van der Waals surface area contributed by atoms with Crippen molar-refractivity contribution in [3.63, 3.8) is 0 Å². The summed E-state index contributed by atoms with van der Waals surface area (Å²) in [6.07, 6.45) is 2.05. The maximum absolute atomic E-state index is 13.7. The number of halogens is 1. The molecule has 1 aliphatic rings. The molecule has 2 N–H and O–H groups in total. The van der Waals surface area contributed by atoms with Crippen LogP contribution in [0.4, 0.5) is 10.1 Å². The van der Waals surface area contributed by atoms with Crippen molar-refractivity contribution in [1.82, 2.24) is 4.90 Å². The van der Waals surface area contributed by atoms with Crippen molar-refractivity contribution in [2.24, 2.45) is 0 Å². The van der Waals surface area contributed by atoms with Crippen molar-refractivity contribution in [3.8, 4) is 5.75 Å². The molecule has 1 saturated heterocycles. The van der Waals surface area contributed by atoms with Crippen LogP contribution in [0.15, 0.2) is 48.5 Å². The number of hydrogen-bond donors (Lipinski definition) is 2. The minimum absolute atomic E-state index is 0.0860. The minimum atomic E-state index is -0.952. The van der Waals surface area contributed by atoms with E-state index >= 15 is 0 Å². The SMILES string of the molecule is CC(=O)Nc1ccc(CN2CCCC(O)(COc3ccccc3F)CC2)cc1. The van der Waals surface area contributed by atoms with Crippen molar-refractivity contribution < 1.29 is 19.0 Å². The van der Waals surface area contributed by atoms with Crippen LogP contribution in [-0.2, 0) is 11.3 Å². The first kappa shape index (κ1) is 20.3. The van der Waals surface area contributed by atoms with E-state index in [1.165, 1.54) is 13.0 Å². The Labute approximate surface area is 165 Å². The van der Waals surface area contributed by atoms with Crippen LogP contribution in [-0.4, -0.2) is 41.2 Å². The lowest BCUT2D eigenvalue weighted by atomic mass is 9.96. The molecule has 0 aromatic heterocycles. The summed E-state index contributed by atoms with van der Waals surface area (Å²) < 4.78 is 19.3. The smallest absolute Gasteiger partial charge is 0.221 e. The Hall–Kier alpha value is -2.44. The highest BCUT2D eigenvalue weighted by atomic mass is 19.1. The highest BCUT2D eigenvalue weighted by molar-refractivity contribution is 5.88. The molecule has 1 aliphatic heterocycles. The maximum atomic E-state index is 13.7. The van der Waals surface area contributed by atoms with E-state index in [1.54, 1.807) is 18.2 Å². The largest absolute Gasteiger partial charge is 0.488 e. The van der Waals surface area contributed by atoms with Crippen molar-refractivity contribution in [2.45, 2.75) is 38.3 Å². The number of amides is 1. The molecule has 1 heterocycles. The first-order chi connectivity index (χ1) is 13.4. The molecular weight excluding hydrogens is 359 g/mol. The van der Waals surface area contributed by atoms with E-state index < -0.39 is 11.4 Å². The number of benzene rings is 2. The second kappa shape index (κ2) is 9.17. The number of carbonyl (C=O) groups is 1. The Bertz CT molecular complexity index is 797. The van der Waals surface area contributed by atoms with Gasteiger partial charge in [0.25, 0.3) is 0 Å². The fraction of sp³-hybridized carbons (Fsp3) is 0.409. The van der Waals surface area contributed by atoms with E-state index in [2.05, 4.69) is 10.2 Å². The number of anilines is 1. The summed E-state index contributed by atoms with van der Waals surface area (Å²) in [4.78, 5) is 13.4. The molecular formula is C22H27FN2O3. The molecule has 0 spiro atoms.